The van der Waals surface area contributed by atoms with Gasteiger partial charge in [0, 0.05) is 12.6 Å². The van der Waals surface area contributed by atoms with E-state index in [1.807, 2.05) is 0 Å². The Hall–Kier alpha value is -0.860. The van der Waals surface area contributed by atoms with Crippen LogP contribution >= 0.6 is 0 Å². The van der Waals surface area contributed by atoms with Gasteiger partial charge in [-0.05, 0) is 38.7 Å². The summed E-state index contributed by atoms with van der Waals surface area (Å²) in [4.78, 5) is 0. The molecular weight excluding hydrogens is 198 g/mol. The minimum atomic E-state index is -0.432. The van der Waals surface area contributed by atoms with E-state index in [2.05, 4.69) is 43.4 Å². The molecule has 1 aromatic rings. The van der Waals surface area contributed by atoms with Gasteiger partial charge in [-0.1, -0.05) is 29.8 Å². The van der Waals surface area contributed by atoms with Gasteiger partial charge in [0.25, 0.3) is 0 Å². The molecule has 0 heterocycles. The quantitative estimate of drug-likeness (QED) is 0.815. The Bertz CT molecular complexity index is 340. The summed E-state index contributed by atoms with van der Waals surface area (Å²) in [6.07, 6.45) is 3.05. The van der Waals surface area contributed by atoms with Gasteiger partial charge in [-0.25, -0.2) is 0 Å². The lowest BCUT2D eigenvalue weighted by molar-refractivity contribution is -0.0329. The van der Waals surface area contributed by atoms with Gasteiger partial charge in [0.1, 0.15) is 0 Å². The molecule has 0 aliphatic heterocycles. The summed E-state index contributed by atoms with van der Waals surface area (Å²) in [6.45, 7) is 4.95. The molecular formula is C14H21NO. The summed E-state index contributed by atoms with van der Waals surface area (Å²) >= 11 is 0. The van der Waals surface area contributed by atoms with Crippen LogP contribution in [0.1, 0.15) is 43.4 Å². The minimum absolute atomic E-state index is 0.310. The van der Waals surface area contributed by atoms with E-state index in [4.69, 9.17) is 0 Å². The molecule has 1 aliphatic rings. The molecule has 0 radical (unpaired) electrons. The first-order valence-electron chi connectivity index (χ1n) is 6.11. The third-order valence-corrected chi connectivity index (χ3v) is 3.60. The number of hydrogen-bond acceptors (Lipinski definition) is 2. The lowest BCUT2D eigenvalue weighted by Gasteiger charge is -2.37. The second-order valence-corrected chi connectivity index (χ2v) is 5.09. The largest absolute Gasteiger partial charge is 0.389 e. The predicted octanol–water partition coefficient (Wildman–Crippen LogP) is 2.56. The molecule has 0 bridgehead atoms. The molecule has 0 amide bonds. The molecule has 2 nitrogen and oxygen atoms in total. The first-order chi connectivity index (χ1) is 7.59. The summed E-state index contributed by atoms with van der Waals surface area (Å²) in [5.74, 6) is 0. The van der Waals surface area contributed by atoms with Crippen molar-refractivity contribution in [1.82, 2.24) is 5.32 Å². The fraction of sp³-hybridized carbons (Fsp3) is 0.571. The molecule has 1 aliphatic carbocycles. The molecule has 0 saturated heterocycles. The number of aliphatic hydroxyl groups is 1. The van der Waals surface area contributed by atoms with Crippen LogP contribution in [0.5, 0.6) is 0 Å². The van der Waals surface area contributed by atoms with Crippen LogP contribution in [0.2, 0.25) is 0 Å². The molecule has 0 spiro atoms. The molecule has 2 rings (SSSR count). The smallest absolute Gasteiger partial charge is 0.0771 e. The van der Waals surface area contributed by atoms with Crippen molar-refractivity contribution in [3.05, 3.63) is 35.4 Å². The summed E-state index contributed by atoms with van der Waals surface area (Å²) in [7, 11) is 0. The van der Waals surface area contributed by atoms with Crippen LogP contribution in [-0.2, 0) is 0 Å². The second-order valence-electron chi connectivity index (χ2n) is 5.09. The Labute approximate surface area is 97.7 Å². The number of nitrogens with one attached hydrogen (secondary N) is 1. The van der Waals surface area contributed by atoms with Crippen molar-refractivity contribution in [2.45, 2.75) is 44.8 Å². The van der Waals surface area contributed by atoms with Crippen LogP contribution in [0.4, 0.5) is 0 Å². The lowest BCUT2D eigenvalue weighted by atomic mass is 9.80. The third-order valence-electron chi connectivity index (χ3n) is 3.60. The van der Waals surface area contributed by atoms with Gasteiger partial charge in [0.05, 0.1) is 5.60 Å². The Balaban J connectivity index is 1.87. The summed E-state index contributed by atoms with van der Waals surface area (Å²) in [5.41, 5.74) is 2.14. The zero-order chi connectivity index (χ0) is 11.6. The molecule has 1 atom stereocenters. The third kappa shape index (κ3) is 2.63. The van der Waals surface area contributed by atoms with Crippen LogP contribution in [0.25, 0.3) is 0 Å². The highest BCUT2D eigenvalue weighted by molar-refractivity contribution is 5.23. The molecule has 0 aromatic heterocycles. The highest BCUT2D eigenvalue weighted by Crippen LogP contribution is 2.31. The maximum absolute atomic E-state index is 9.99. The monoisotopic (exact) mass is 219 g/mol. The van der Waals surface area contributed by atoms with Crippen LogP contribution in [0.3, 0.4) is 0 Å². The van der Waals surface area contributed by atoms with Crippen molar-refractivity contribution in [1.29, 1.82) is 0 Å². The zero-order valence-electron chi connectivity index (χ0n) is 10.2. The standard InChI is InChI=1S/C14H21NO/c1-11-4-6-13(7-5-11)12(2)15-10-14(16)8-3-9-14/h4-7,12,15-16H,3,8-10H2,1-2H3. The van der Waals surface area contributed by atoms with Crippen molar-refractivity contribution >= 4 is 0 Å². The molecule has 2 N–H and O–H groups in total. The average molecular weight is 219 g/mol. The number of hydrogen-bond donors (Lipinski definition) is 2. The minimum Gasteiger partial charge on any atom is -0.389 e. The molecule has 1 aromatic carbocycles. The zero-order valence-corrected chi connectivity index (χ0v) is 10.2. The summed E-state index contributed by atoms with van der Waals surface area (Å²) in [5, 5.41) is 13.4. The Morgan fingerprint density at radius 3 is 2.44 bits per heavy atom. The first kappa shape index (κ1) is 11.6. The number of aryl methyl sites for hydroxylation is 1. The fourth-order valence-electron chi connectivity index (χ4n) is 2.08. The molecule has 88 valence electrons. The van der Waals surface area contributed by atoms with E-state index in [0.29, 0.717) is 12.6 Å². The van der Waals surface area contributed by atoms with Crippen LogP contribution in [-0.4, -0.2) is 17.3 Å². The van der Waals surface area contributed by atoms with E-state index < -0.39 is 5.60 Å². The number of rotatable bonds is 4. The van der Waals surface area contributed by atoms with E-state index in [1.54, 1.807) is 0 Å². The SMILES string of the molecule is Cc1ccc(C(C)NCC2(O)CCC2)cc1. The Morgan fingerprint density at radius 1 is 1.31 bits per heavy atom. The van der Waals surface area contributed by atoms with Crippen LogP contribution in [0, 0.1) is 6.92 Å². The van der Waals surface area contributed by atoms with Crippen molar-refractivity contribution in [3.8, 4) is 0 Å². The maximum Gasteiger partial charge on any atom is 0.0771 e. The van der Waals surface area contributed by atoms with Gasteiger partial charge in [-0.2, -0.15) is 0 Å². The van der Waals surface area contributed by atoms with Crippen molar-refractivity contribution in [2.75, 3.05) is 6.54 Å². The van der Waals surface area contributed by atoms with Crippen molar-refractivity contribution in [2.24, 2.45) is 0 Å². The highest BCUT2D eigenvalue weighted by atomic mass is 16.3. The van der Waals surface area contributed by atoms with Gasteiger partial charge in [0.2, 0.25) is 0 Å². The molecule has 1 unspecified atom stereocenters. The maximum atomic E-state index is 9.99. The van der Waals surface area contributed by atoms with Gasteiger partial charge in [-0.3, -0.25) is 0 Å². The van der Waals surface area contributed by atoms with Gasteiger partial charge < -0.3 is 10.4 Å². The number of benzene rings is 1. The molecule has 2 heteroatoms. The van der Waals surface area contributed by atoms with E-state index in [0.717, 1.165) is 19.3 Å². The topological polar surface area (TPSA) is 32.3 Å². The Morgan fingerprint density at radius 2 is 1.94 bits per heavy atom. The first-order valence-corrected chi connectivity index (χ1v) is 6.11. The van der Waals surface area contributed by atoms with Crippen LogP contribution < -0.4 is 5.32 Å². The van der Waals surface area contributed by atoms with Crippen LogP contribution in [0.15, 0.2) is 24.3 Å². The van der Waals surface area contributed by atoms with E-state index in [1.165, 1.54) is 11.1 Å². The van der Waals surface area contributed by atoms with E-state index in [9.17, 15) is 5.11 Å². The molecule has 1 saturated carbocycles. The van der Waals surface area contributed by atoms with Crippen molar-refractivity contribution < 1.29 is 5.11 Å². The second kappa shape index (κ2) is 4.56. The van der Waals surface area contributed by atoms with E-state index in [-0.39, 0.29) is 0 Å². The normalized spacial score (nSPS) is 20.2. The average Bonchev–Trinajstić information content (AvgIpc) is 2.24. The van der Waals surface area contributed by atoms with Gasteiger partial charge in [-0.15, -0.1) is 0 Å². The lowest BCUT2D eigenvalue weighted by Crippen LogP contribution is -2.46. The van der Waals surface area contributed by atoms with Gasteiger partial charge in [0.15, 0.2) is 0 Å². The van der Waals surface area contributed by atoms with Gasteiger partial charge >= 0.3 is 0 Å². The highest BCUT2D eigenvalue weighted by Gasteiger charge is 2.34. The summed E-state index contributed by atoms with van der Waals surface area (Å²) < 4.78 is 0. The molecule has 1 fully saturated rings. The van der Waals surface area contributed by atoms with Crippen molar-refractivity contribution in [3.63, 3.8) is 0 Å². The molecule has 16 heavy (non-hydrogen) atoms. The predicted molar refractivity (Wildman–Crippen MR) is 66.4 cm³/mol. The van der Waals surface area contributed by atoms with E-state index >= 15 is 0 Å². The summed E-state index contributed by atoms with van der Waals surface area (Å²) in [6, 6.07) is 8.87. The fourth-order valence-corrected chi connectivity index (χ4v) is 2.08. The Kier molecular flexibility index (Phi) is 3.31.